The highest BCUT2D eigenvalue weighted by atomic mass is 79.9. The summed E-state index contributed by atoms with van der Waals surface area (Å²) in [5, 5.41) is 2.23. The predicted molar refractivity (Wildman–Crippen MR) is 121 cm³/mol. The monoisotopic (exact) mass is 486 g/mol. The van der Waals surface area contributed by atoms with Crippen molar-refractivity contribution in [1.29, 1.82) is 0 Å². The summed E-state index contributed by atoms with van der Waals surface area (Å²) < 4.78 is 12.2. The summed E-state index contributed by atoms with van der Waals surface area (Å²) in [5.74, 6) is -0.332. The Morgan fingerprint density at radius 2 is 1.81 bits per heavy atom. The normalized spacial score (nSPS) is 15.3. The fourth-order valence-corrected chi connectivity index (χ4v) is 3.29. The number of halogens is 1. The van der Waals surface area contributed by atoms with Gasteiger partial charge in [-0.15, -0.1) is 0 Å². The standard InChI is InChI=1S/C23H23BrN2O5/c1-4-10-31-19-9-6-15(13-20(19)30-5-2)12-17-21(27)25-23(29)26(22(17)28)16-7-8-18(24)14(3)11-16/h6-9,11-13H,4-5,10H2,1-3H3,(H,25,27,29)/b17-12-. The molecule has 0 bridgehead atoms. The molecule has 2 aromatic carbocycles. The van der Waals surface area contributed by atoms with Crippen LogP contribution in [0.25, 0.3) is 6.08 Å². The molecule has 0 aliphatic carbocycles. The lowest BCUT2D eigenvalue weighted by Gasteiger charge is -2.26. The zero-order valence-electron chi connectivity index (χ0n) is 17.5. The van der Waals surface area contributed by atoms with Crippen molar-refractivity contribution in [1.82, 2.24) is 5.32 Å². The number of hydrogen-bond donors (Lipinski definition) is 1. The van der Waals surface area contributed by atoms with E-state index in [1.54, 1.807) is 36.4 Å². The molecule has 4 amide bonds. The van der Waals surface area contributed by atoms with Crippen LogP contribution in [0.15, 0.2) is 46.4 Å². The van der Waals surface area contributed by atoms with E-state index in [0.717, 1.165) is 21.4 Å². The van der Waals surface area contributed by atoms with E-state index in [0.29, 0.717) is 36.0 Å². The summed E-state index contributed by atoms with van der Waals surface area (Å²) in [6.07, 6.45) is 2.29. The zero-order chi connectivity index (χ0) is 22.5. The highest BCUT2D eigenvalue weighted by molar-refractivity contribution is 9.10. The van der Waals surface area contributed by atoms with Crippen LogP contribution in [0.1, 0.15) is 31.4 Å². The second kappa shape index (κ2) is 9.78. The van der Waals surface area contributed by atoms with Crippen molar-refractivity contribution in [3.8, 4) is 11.5 Å². The van der Waals surface area contributed by atoms with Crippen LogP contribution >= 0.6 is 15.9 Å². The van der Waals surface area contributed by atoms with Gasteiger partial charge >= 0.3 is 6.03 Å². The Morgan fingerprint density at radius 1 is 1.03 bits per heavy atom. The number of aryl methyl sites for hydroxylation is 1. The van der Waals surface area contributed by atoms with Gasteiger partial charge < -0.3 is 9.47 Å². The topological polar surface area (TPSA) is 84.9 Å². The molecule has 8 heteroatoms. The van der Waals surface area contributed by atoms with Gasteiger partial charge in [0.05, 0.1) is 18.9 Å². The fourth-order valence-electron chi connectivity index (χ4n) is 3.04. The molecule has 1 fully saturated rings. The molecule has 31 heavy (non-hydrogen) atoms. The molecule has 162 valence electrons. The van der Waals surface area contributed by atoms with Gasteiger partial charge in [-0.25, -0.2) is 9.69 Å². The summed E-state index contributed by atoms with van der Waals surface area (Å²) in [5.41, 5.74) is 1.65. The SMILES string of the molecule is CCCOc1ccc(/C=C2/C(=O)NC(=O)N(c3ccc(Br)c(C)c3)C2=O)cc1OCC. The second-order valence-corrected chi connectivity index (χ2v) is 7.73. The van der Waals surface area contributed by atoms with Gasteiger partial charge in [-0.3, -0.25) is 14.9 Å². The summed E-state index contributed by atoms with van der Waals surface area (Å²) >= 11 is 3.40. The Balaban J connectivity index is 1.97. The first kappa shape index (κ1) is 22.6. The van der Waals surface area contributed by atoms with Crippen LogP contribution in [-0.4, -0.2) is 31.1 Å². The average molecular weight is 487 g/mol. The molecular formula is C23H23BrN2O5. The van der Waals surface area contributed by atoms with Gasteiger partial charge in [0, 0.05) is 4.47 Å². The van der Waals surface area contributed by atoms with E-state index >= 15 is 0 Å². The van der Waals surface area contributed by atoms with Gasteiger partial charge in [0.25, 0.3) is 11.8 Å². The maximum absolute atomic E-state index is 13.1. The lowest BCUT2D eigenvalue weighted by atomic mass is 10.1. The molecule has 1 heterocycles. The van der Waals surface area contributed by atoms with E-state index in [4.69, 9.17) is 9.47 Å². The smallest absolute Gasteiger partial charge is 0.335 e. The zero-order valence-corrected chi connectivity index (χ0v) is 19.1. The van der Waals surface area contributed by atoms with E-state index in [1.807, 2.05) is 20.8 Å². The first-order valence-corrected chi connectivity index (χ1v) is 10.7. The summed E-state index contributed by atoms with van der Waals surface area (Å²) in [6.45, 7) is 6.69. The number of nitrogens with zero attached hydrogens (tertiary/aromatic N) is 1. The first-order valence-electron chi connectivity index (χ1n) is 9.93. The molecule has 2 aromatic rings. The number of benzene rings is 2. The Morgan fingerprint density at radius 3 is 2.48 bits per heavy atom. The lowest BCUT2D eigenvalue weighted by Crippen LogP contribution is -2.54. The number of barbiturate groups is 1. The van der Waals surface area contributed by atoms with Crippen LogP contribution < -0.4 is 19.7 Å². The average Bonchev–Trinajstić information content (AvgIpc) is 2.73. The summed E-state index contributed by atoms with van der Waals surface area (Å²) in [7, 11) is 0. The third kappa shape index (κ3) is 4.96. The Bertz CT molecular complexity index is 1060. The van der Waals surface area contributed by atoms with Crippen molar-refractivity contribution in [2.45, 2.75) is 27.2 Å². The molecule has 0 radical (unpaired) electrons. The van der Waals surface area contributed by atoms with Crippen molar-refractivity contribution in [3.05, 3.63) is 57.6 Å². The number of carbonyl (C=O) groups excluding carboxylic acids is 3. The van der Waals surface area contributed by atoms with E-state index < -0.39 is 17.8 Å². The van der Waals surface area contributed by atoms with Crippen LogP contribution in [0.4, 0.5) is 10.5 Å². The highest BCUT2D eigenvalue weighted by Crippen LogP contribution is 2.31. The highest BCUT2D eigenvalue weighted by Gasteiger charge is 2.37. The van der Waals surface area contributed by atoms with E-state index in [2.05, 4.69) is 21.2 Å². The van der Waals surface area contributed by atoms with Gasteiger partial charge in [-0.1, -0.05) is 28.9 Å². The molecule has 1 aliphatic rings. The molecule has 1 aliphatic heterocycles. The number of anilines is 1. The van der Waals surface area contributed by atoms with Gasteiger partial charge in [0.2, 0.25) is 0 Å². The van der Waals surface area contributed by atoms with Crippen molar-refractivity contribution in [2.24, 2.45) is 0 Å². The van der Waals surface area contributed by atoms with Gasteiger partial charge in [-0.05, 0) is 67.8 Å². The third-order valence-electron chi connectivity index (χ3n) is 4.54. The Kier molecular flexibility index (Phi) is 7.12. The number of ether oxygens (including phenoxy) is 2. The van der Waals surface area contributed by atoms with Gasteiger partial charge in [0.15, 0.2) is 11.5 Å². The molecule has 0 atom stereocenters. The molecular weight excluding hydrogens is 464 g/mol. The minimum absolute atomic E-state index is 0.148. The maximum Gasteiger partial charge on any atom is 0.335 e. The Labute approximate surface area is 189 Å². The van der Waals surface area contributed by atoms with Gasteiger partial charge in [-0.2, -0.15) is 0 Å². The molecule has 1 N–H and O–H groups in total. The molecule has 0 aromatic heterocycles. The number of imide groups is 2. The van der Waals surface area contributed by atoms with Crippen LogP contribution in [0.2, 0.25) is 0 Å². The number of rotatable bonds is 7. The Hall–Kier alpha value is -3.13. The number of nitrogens with one attached hydrogen (secondary N) is 1. The largest absolute Gasteiger partial charge is 0.490 e. The fraction of sp³-hybridized carbons (Fsp3) is 0.261. The molecule has 0 saturated carbocycles. The number of amides is 4. The molecule has 0 unspecified atom stereocenters. The quantitative estimate of drug-likeness (QED) is 0.456. The molecule has 1 saturated heterocycles. The van der Waals surface area contributed by atoms with Crippen LogP contribution in [-0.2, 0) is 9.59 Å². The summed E-state index contributed by atoms with van der Waals surface area (Å²) in [4.78, 5) is 38.8. The number of urea groups is 1. The van der Waals surface area contributed by atoms with E-state index in [-0.39, 0.29) is 5.57 Å². The summed E-state index contributed by atoms with van der Waals surface area (Å²) in [6, 6.07) is 9.45. The van der Waals surface area contributed by atoms with E-state index in [9.17, 15) is 14.4 Å². The van der Waals surface area contributed by atoms with Crippen molar-refractivity contribution >= 4 is 45.5 Å². The minimum Gasteiger partial charge on any atom is -0.490 e. The maximum atomic E-state index is 13.1. The second-order valence-electron chi connectivity index (χ2n) is 6.88. The van der Waals surface area contributed by atoms with E-state index in [1.165, 1.54) is 6.08 Å². The number of carbonyl (C=O) groups is 3. The lowest BCUT2D eigenvalue weighted by molar-refractivity contribution is -0.122. The first-order chi connectivity index (χ1) is 14.8. The third-order valence-corrected chi connectivity index (χ3v) is 5.43. The van der Waals surface area contributed by atoms with Crippen molar-refractivity contribution in [3.63, 3.8) is 0 Å². The van der Waals surface area contributed by atoms with Crippen LogP contribution in [0, 0.1) is 6.92 Å². The number of hydrogen-bond acceptors (Lipinski definition) is 5. The van der Waals surface area contributed by atoms with Crippen molar-refractivity contribution < 1.29 is 23.9 Å². The molecule has 3 rings (SSSR count). The molecule has 7 nitrogen and oxygen atoms in total. The predicted octanol–water partition coefficient (Wildman–Crippen LogP) is 4.61. The van der Waals surface area contributed by atoms with Crippen LogP contribution in [0.3, 0.4) is 0 Å². The molecule has 0 spiro atoms. The minimum atomic E-state index is -0.785. The van der Waals surface area contributed by atoms with Crippen molar-refractivity contribution in [2.75, 3.05) is 18.1 Å². The van der Waals surface area contributed by atoms with Gasteiger partial charge in [0.1, 0.15) is 5.57 Å². The van der Waals surface area contributed by atoms with Crippen LogP contribution in [0.5, 0.6) is 11.5 Å².